The number of imidazole rings is 1. The van der Waals surface area contributed by atoms with Crippen LogP contribution >= 0.6 is 0 Å². The summed E-state index contributed by atoms with van der Waals surface area (Å²) in [5.41, 5.74) is 1.51. The Morgan fingerprint density at radius 3 is 2.97 bits per heavy atom. The van der Waals surface area contributed by atoms with E-state index >= 15 is 0 Å². The van der Waals surface area contributed by atoms with Gasteiger partial charge in [-0.25, -0.2) is 14.4 Å². The number of hydrogen-bond acceptors (Lipinski definition) is 6. The molecule has 3 aromatic heterocycles. The minimum absolute atomic E-state index is 0.217. The van der Waals surface area contributed by atoms with Crippen LogP contribution in [0.2, 0.25) is 0 Å². The zero-order valence-corrected chi connectivity index (χ0v) is 16.6. The lowest BCUT2D eigenvalue weighted by atomic mass is 10.2. The van der Waals surface area contributed by atoms with Crippen molar-refractivity contribution in [2.75, 3.05) is 37.0 Å². The molecule has 4 rings (SSSR count). The van der Waals surface area contributed by atoms with Gasteiger partial charge < -0.3 is 24.7 Å². The highest BCUT2D eigenvalue weighted by Gasteiger charge is 2.21. The molecule has 0 radical (unpaired) electrons. The van der Waals surface area contributed by atoms with Gasteiger partial charge in [0.2, 0.25) is 0 Å². The van der Waals surface area contributed by atoms with Gasteiger partial charge in [-0.15, -0.1) is 0 Å². The van der Waals surface area contributed by atoms with Crippen molar-refractivity contribution in [1.29, 1.82) is 0 Å². The molecule has 1 fully saturated rings. The summed E-state index contributed by atoms with van der Waals surface area (Å²) in [7, 11) is 1.51. The number of aromatic nitrogens is 3. The number of halogens is 1. The number of fused-ring (bicyclic) bond motifs is 1. The lowest BCUT2D eigenvalue weighted by Gasteiger charge is -2.33. The van der Waals surface area contributed by atoms with Crippen LogP contribution in [0.5, 0.6) is 5.75 Å². The zero-order chi connectivity index (χ0) is 20.5. The average Bonchev–Trinajstić information content (AvgIpc) is 3.08. The van der Waals surface area contributed by atoms with Crippen molar-refractivity contribution in [1.82, 2.24) is 19.7 Å². The number of nitrogens with zero attached hydrogens (tertiary/aromatic N) is 4. The van der Waals surface area contributed by atoms with E-state index in [4.69, 9.17) is 4.74 Å². The maximum atomic E-state index is 14.3. The first kappa shape index (κ1) is 19.1. The molecule has 0 saturated carbocycles. The smallest absolute Gasteiger partial charge is 0.261 e. The summed E-state index contributed by atoms with van der Waals surface area (Å²) in [4.78, 5) is 23.5. The Balaban J connectivity index is 1.58. The summed E-state index contributed by atoms with van der Waals surface area (Å²) in [6.45, 7) is 6.42. The van der Waals surface area contributed by atoms with Crippen LogP contribution in [0.25, 0.3) is 5.65 Å². The summed E-state index contributed by atoms with van der Waals surface area (Å²) >= 11 is 0. The molecular formula is C20H23FN6O2. The molecule has 1 saturated heterocycles. The number of carbonyl (C=O) groups excluding carboxylic acids is 1. The number of methoxy groups -OCH3 is 1. The third-order valence-corrected chi connectivity index (χ3v) is 4.89. The number of aryl methyl sites for hydroxylation is 1. The van der Waals surface area contributed by atoms with Crippen LogP contribution in [-0.4, -0.2) is 53.1 Å². The molecule has 1 aliphatic rings. The van der Waals surface area contributed by atoms with Crippen LogP contribution in [-0.2, 0) is 0 Å². The minimum Gasteiger partial charge on any atom is -0.496 e. The fraction of sp³-hybridized carbons (Fsp3) is 0.350. The standard InChI is InChI=1S/C20H23FN6O2/c1-12-9-26(5-4-22-12)18-7-17(29-3)15(8-23-18)20(28)25-14-6-16(21)19-24-13(2)10-27(19)11-14/h6-8,10-12,22H,4-5,9H2,1-3H3,(H,25,28). The van der Waals surface area contributed by atoms with Crippen LogP contribution in [0.3, 0.4) is 0 Å². The predicted octanol–water partition coefficient (Wildman–Crippen LogP) is 2.24. The SMILES string of the molecule is COc1cc(N2CCNC(C)C2)ncc1C(=O)Nc1cc(F)c2nc(C)cn2c1. The number of rotatable bonds is 4. The van der Waals surface area contributed by atoms with Crippen LogP contribution in [0.15, 0.2) is 30.7 Å². The normalized spacial score (nSPS) is 16.8. The van der Waals surface area contributed by atoms with E-state index in [1.54, 1.807) is 29.8 Å². The minimum atomic E-state index is -0.510. The Bertz CT molecular complexity index is 1070. The summed E-state index contributed by atoms with van der Waals surface area (Å²) in [5, 5.41) is 6.09. The molecule has 0 aliphatic carbocycles. The molecule has 8 nitrogen and oxygen atoms in total. The van der Waals surface area contributed by atoms with Gasteiger partial charge in [-0.1, -0.05) is 0 Å². The number of anilines is 2. The lowest BCUT2D eigenvalue weighted by molar-refractivity contribution is 0.102. The first-order chi connectivity index (χ1) is 13.9. The van der Waals surface area contributed by atoms with Gasteiger partial charge in [-0.05, 0) is 13.8 Å². The molecule has 1 amide bonds. The predicted molar refractivity (Wildman–Crippen MR) is 108 cm³/mol. The van der Waals surface area contributed by atoms with Gasteiger partial charge in [-0.2, -0.15) is 0 Å². The van der Waals surface area contributed by atoms with Gasteiger partial charge >= 0.3 is 0 Å². The number of pyridine rings is 2. The molecular weight excluding hydrogens is 375 g/mol. The molecule has 1 atom stereocenters. The second-order valence-corrected chi connectivity index (χ2v) is 7.19. The molecule has 0 aromatic carbocycles. The van der Waals surface area contributed by atoms with E-state index in [0.717, 1.165) is 25.5 Å². The van der Waals surface area contributed by atoms with Crippen molar-refractivity contribution in [3.8, 4) is 5.75 Å². The van der Waals surface area contributed by atoms with Gasteiger partial charge in [0.25, 0.3) is 5.91 Å². The third-order valence-electron chi connectivity index (χ3n) is 4.89. The van der Waals surface area contributed by atoms with Crippen LogP contribution in [0.4, 0.5) is 15.9 Å². The van der Waals surface area contributed by atoms with Crippen molar-refractivity contribution in [3.05, 3.63) is 47.8 Å². The molecule has 0 bridgehead atoms. The van der Waals surface area contributed by atoms with Crippen molar-refractivity contribution in [3.63, 3.8) is 0 Å². The molecule has 29 heavy (non-hydrogen) atoms. The first-order valence-corrected chi connectivity index (χ1v) is 9.43. The molecule has 0 spiro atoms. The number of amides is 1. The first-order valence-electron chi connectivity index (χ1n) is 9.43. The summed E-state index contributed by atoms with van der Waals surface area (Å²) < 4.78 is 21.2. The highest BCUT2D eigenvalue weighted by molar-refractivity contribution is 6.06. The second-order valence-electron chi connectivity index (χ2n) is 7.19. The summed E-state index contributed by atoms with van der Waals surface area (Å²) in [6, 6.07) is 3.36. The summed E-state index contributed by atoms with van der Waals surface area (Å²) in [6.07, 6.45) is 4.80. The van der Waals surface area contributed by atoms with Crippen LogP contribution in [0, 0.1) is 12.7 Å². The highest BCUT2D eigenvalue weighted by Crippen LogP contribution is 2.25. The maximum Gasteiger partial charge on any atom is 0.261 e. The van der Waals surface area contributed by atoms with Crippen molar-refractivity contribution >= 4 is 23.1 Å². The molecule has 9 heteroatoms. The number of nitrogens with one attached hydrogen (secondary N) is 2. The molecule has 2 N–H and O–H groups in total. The van der Waals surface area contributed by atoms with Crippen LogP contribution in [0.1, 0.15) is 23.0 Å². The number of hydrogen-bond donors (Lipinski definition) is 2. The van der Waals surface area contributed by atoms with Crippen molar-refractivity contribution in [2.45, 2.75) is 19.9 Å². The Hall–Kier alpha value is -3.20. The lowest BCUT2D eigenvalue weighted by Crippen LogP contribution is -2.49. The number of ether oxygens (including phenoxy) is 1. The fourth-order valence-corrected chi connectivity index (χ4v) is 3.53. The van der Waals surface area contributed by atoms with E-state index in [1.165, 1.54) is 19.4 Å². The highest BCUT2D eigenvalue weighted by atomic mass is 19.1. The average molecular weight is 398 g/mol. The fourth-order valence-electron chi connectivity index (χ4n) is 3.53. The molecule has 152 valence electrons. The second kappa shape index (κ2) is 7.67. The van der Waals surface area contributed by atoms with Gasteiger partial charge in [-0.3, -0.25) is 4.79 Å². The Morgan fingerprint density at radius 2 is 2.21 bits per heavy atom. The Labute approximate surface area is 167 Å². The van der Waals surface area contributed by atoms with E-state index in [0.29, 0.717) is 23.2 Å². The van der Waals surface area contributed by atoms with Gasteiger partial charge in [0, 0.05) is 56.4 Å². The maximum absolute atomic E-state index is 14.3. The number of piperazine rings is 1. The monoisotopic (exact) mass is 398 g/mol. The van der Waals surface area contributed by atoms with Gasteiger partial charge in [0.05, 0.1) is 18.5 Å². The van der Waals surface area contributed by atoms with Crippen LogP contribution < -0.4 is 20.3 Å². The van der Waals surface area contributed by atoms with E-state index in [-0.39, 0.29) is 11.2 Å². The molecule has 3 aromatic rings. The van der Waals surface area contributed by atoms with Crippen molar-refractivity contribution < 1.29 is 13.9 Å². The number of carbonyl (C=O) groups is 1. The van der Waals surface area contributed by atoms with E-state index in [2.05, 4.69) is 32.4 Å². The zero-order valence-electron chi connectivity index (χ0n) is 16.6. The Kier molecular flexibility index (Phi) is 5.06. The largest absolute Gasteiger partial charge is 0.496 e. The van der Waals surface area contributed by atoms with E-state index < -0.39 is 11.7 Å². The van der Waals surface area contributed by atoms with Gasteiger partial charge in [0.1, 0.15) is 17.1 Å². The summed E-state index contributed by atoms with van der Waals surface area (Å²) in [5.74, 6) is 0.237. The molecule has 1 unspecified atom stereocenters. The van der Waals surface area contributed by atoms with E-state index in [1.807, 2.05) is 0 Å². The molecule has 1 aliphatic heterocycles. The van der Waals surface area contributed by atoms with Gasteiger partial charge in [0.15, 0.2) is 11.5 Å². The van der Waals surface area contributed by atoms with E-state index in [9.17, 15) is 9.18 Å². The van der Waals surface area contributed by atoms with Crippen molar-refractivity contribution in [2.24, 2.45) is 0 Å². The topological polar surface area (TPSA) is 83.8 Å². The quantitative estimate of drug-likeness (QED) is 0.701. The Morgan fingerprint density at radius 1 is 1.38 bits per heavy atom. The third kappa shape index (κ3) is 3.86. The molecule has 4 heterocycles.